The highest BCUT2D eigenvalue weighted by Crippen LogP contribution is 2.19. The summed E-state index contributed by atoms with van der Waals surface area (Å²) in [5.74, 6) is 0.325. The summed E-state index contributed by atoms with van der Waals surface area (Å²) < 4.78 is 26.1. The molecule has 3 nitrogen and oxygen atoms in total. The Labute approximate surface area is 104 Å². The van der Waals surface area contributed by atoms with E-state index in [9.17, 15) is 8.78 Å². The number of imidazole rings is 1. The fraction of sp³-hybridized carbons (Fsp3) is 0.308. The average Bonchev–Trinajstić information content (AvgIpc) is 2.79. The number of nitrogens with one attached hydrogen (secondary N) is 1. The molecule has 2 rings (SSSR count). The predicted octanol–water partition coefficient (Wildman–Crippen LogP) is 3.51. The van der Waals surface area contributed by atoms with Gasteiger partial charge in [0.25, 0.3) is 0 Å². The fourth-order valence-corrected chi connectivity index (χ4v) is 1.78. The summed E-state index contributed by atoms with van der Waals surface area (Å²) in [5, 5.41) is 3.13. The molecule has 5 heteroatoms. The lowest BCUT2D eigenvalue weighted by molar-refractivity contribution is 0.0673. The molecule has 1 aromatic heterocycles. The molecule has 96 valence electrons. The number of alkyl halides is 2. The van der Waals surface area contributed by atoms with Crippen molar-refractivity contribution in [3.05, 3.63) is 47.5 Å². The highest BCUT2D eigenvalue weighted by atomic mass is 19.3. The summed E-state index contributed by atoms with van der Waals surface area (Å²) in [4.78, 5) is 3.93. The van der Waals surface area contributed by atoms with Crippen LogP contribution in [0.4, 0.5) is 14.5 Å². The summed E-state index contributed by atoms with van der Waals surface area (Å²) in [5.41, 5.74) is 3.23. The smallest absolute Gasteiger partial charge is 0.319 e. The van der Waals surface area contributed by atoms with Crippen LogP contribution in [-0.4, -0.2) is 9.55 Å². The first kappa shape index (κ1) is 12.5. The molecule has 0 radical (unpaired) electrons. The van der Waals surface area contributed by atoms with Crippen LogP contribution in [0.5, 0.6) is 0 Å². The number of halogens is 2. The van der Waals surface area contributed by atoms with E-state index in [0.717, 1.165) is 21.4 Å². The minimum Gasteiger partial charge on any atom is -0.378 e. The minimum absolute atomic E-state index is 0.279. The standard InChI is InChI=1S/C13H15F2N3/c1-9-4-3-5-11(10(9)2)17-8-12-16-6-7-18(12)13(14)15/h3-7,13,17H,8H2,1-2H3. The molecule has 2 aromatic rings. The molecule has 0 amide bonds. The van der Waals surface area contributed by atoms with Crippen molar-refractivity contribution in [3.8, 4) is 0 Å². The van der Waals surface area contributed by atoms with Crippen LogP contribution in [0.2, 0.25) is 0 Å². The normalized spacial score (nSPS) is 10.9. The number of aromatic nitrogens is 2. The molecule has 1 N–H and O–H groups in total. The monoisotopic (exact) mass is 251 g/mol. The van der Waals surface area contributed by atoms with Crippen molar-refractivity contribution in [1.82, 2.24) is 9.55 Å². The second-order valence-electron chi connectivity index (χ2n) is 4.13. The first-order chi connectivity index (χ1) is 8.59. The van der Waals surface area contributed by atoms with E-state index in [0.29, 0.717) is 5.82 Å². The molecule has 0 fully saturated rings. The third kappa shape index (κ3) is 2.50. The lowest BCUT2D eigenvalue weighted by Gasteiger charge is -2.12. The van der Waals surface area contributed by atoms with Gasteiger partial charge in [0.2, 0.25) is 0 Å². The number of anilines is 1. The highest BCUT2D eigenvalue weighted by molar-refractivity contribution is 5.53. The van der Waals surface area contributed by atoms with Gasteiger partial charge < -0.3 is 5.32 Å². The van der Waals surface area contributed by atoms with Gasteiger partial charge in [0.05, 0.1) is 6.54 Å². The maximum Gasteiger partial charge on any atom is 0.319 e. The van der Waals surface area contributed by atoms with Gasteiger partial charge in [0.1, 0.15) is 5.82 Å². The first-order valence-electron chi connectivity index (χ1n) is 5.69. The Kier molecular flexibility index (Phi) is 3.60. The molecule has 0 spiro atoms. The third-order valence-electron chi connectivity index (χ3n) is 3.00. The summed E-state index contributed by atoms with van der Waals surface area (Å²) >= 11 is 0. The SMILES string of the molecule is Cc1cccc(NCc2nccn2C(F)F)c1C. The van der Waals surface area contributed by atoms with Crippen molar-refractivity contribution in [3.63, 3.8) is 0 Å². The largest absolute Gasteiger partial charge is 0.378 e. The molecule has 0 atom stereocenters. The lowest BCUT2D eigenvalue weighted by atomic mass is 10.1. The molecule has 0 bridgehead atoms. The third-order valence-corrected chi connectivity index (χ3v) is 3.00. The topological polar surface area (TPSA) is 29.9 Å². The Morgan fingerprint density at radius 1 is 1.33 bits per heavy atom. The van der Waals surface area contributed by atoms with Gasteiger partial charge in [0, 0.05) is 18.1 Å². The van der Waals surface area contributed by atoms with Gasteiger partial charge in [-0.1, -0.05) is 12.1 Å². The first-order valence-corrected chi connectivity index (χ1v) is 5.69. The molecule has 0 aliphatic heterocycles. The number of rotatable bonds is 4. The van der Waals surface area contributed by atoms with E-state index in [2.05, 4.69) is 10.3 Å². The van der Waals surface area contributed by atoms with Gasteiger partial charge in [0.15, 0.2) is 0 Å². The molecule has 0 aliphatic rings. The van der Waals surface area contributed by atoms with Gasteiger partial charge >= 0.3 is 6.55 Å². The second-order valence-corrected chi connectivity index (χ2v) is 4.13. The van der Waals surface area contributed by atoms with Crippen LogP contribution in [0.25, 0.3) is 0 Å². The number of aryl methyl sites for hydroxylation is 1. The second kappa shape index (κ2) is 5.16. The Balaban J connectivity index is 2.12. The number of nitrogens with zero attached hydrogens (tertiary/aromatic N) is 2. The summed E-state index contributed by atoms with van der Waals surface area (Å²) in [7, 11) is 0. The zero-order valence-electron chi connectivity index (χ0n) is 10.3. The number of hydrogen-bond acceptors (Lipinski definition) is 2. The fourth-order valence-electron chi connectivity index (χ4n) is 1.78. The average molecular weight is 251 g/mol. The maximum atomic E-state index is 12.6. The lowest BCUT2D eigenvalue weighted by Crippen LogP contribution is -2.09. The summed E-state index contributed by atoms with van der Waals surface area (Å²) in [6, 6.07) is 5.88. The molecule has 0 saturated heterocycles. The van der Waals surface area contributed by atoms with Gasteiger partial charge in [-0.05, 0) is 31.0 Å². The van der Waals surface area contributed by atoms with E-state index >= 15 is 0 Å². The number of benzene rings is 1. The maximum absolute atomic E-state index is 12.6. The molecule has 1 aromatic carbocycles. The van der Waals surface area contributed by atoms with Gasteiger partial charge in [-0.15, -0.1) is 0 Å². The molecule has 0 saturated carbocycles. The van der Waals surface area contributed by atoms with Gasteiger partial charge in [-0.25, -0.2) is 4.98 Å². The van der Waals surface area contributed by atoms with Crippen LogP contribution in [0.15, 0.2) is 30.6 Å². The number of hydrogen-bond donors (Lipinski definition) is 1. The molecular weight excluding hydrogens is 236 g/mol. The van der Waals surface area contributed by atoms with E-state index in [1.165, 1.54) is 12.4 Å². The summed E-state index contributed by atoms with van der Waals surface area (Å²) in [6.07, 6.45) is 2.66. The molecule has 0 unspecified atom stereocenters. The van der Waals surface area contributed by atoms with Crippen molar-refractivity contribution in [2.75, 3.05) is 5.32 Å². The van der Waals surface area contributed by atoms with Crippen LogP contribution in [-0.2, 0) is 6.54 Å². The van der Waals surface area contributed by atoms with Crippen molar-refractivity contribution < 1.29 is 8.78 Å². The zero-order chi connectivity index (χ0) is 13.1. The van der Waals surface area contributed by atoms with E-state index in [1.807, 2.05) is 32.0 Å². The van der Waals surface area contributed by atoms with Crippen molar-refractivity contribution in [2.24, 2.45) is 0 Å². The van der Waals surface area contributed by atoms with E-state index in [1.54, 1.807) is 0 Å². The molecule has 18 heavy (non-hydrogen) atoms. The Bertz CT molecular complexity index is 535. The zero-order valence-corrected chi connectivity index (χ0v) is 10.3. The van der Waals surface area contributed by atoms with E-state index in [-0.39, 0.29) is 6.54 Å². The highest BCUT2D eigenvalue weighted by Gasteiger charge is 2.11. The van der Waals surface area contributed by atoms with Crippen LogP contribution < -0.4 is 5.32 Å². The Hall–Kier alpha value is -1.91. The minimum atomic E-state index is -2.55. The van der Waals surface area contributed by atoms with Crippen LogP contribution in [0.1, 0.15) is 23.5 Å². The van der Waals surface area contributed by atoms with Crippen LogP contribution in [0.3, 0.4) is 0 Å². The molecular formula is C13H15F2N3. The van der Waals surface area contributed by atoms with E-state index in [4.69, 9.17) is 0 Å². The van der Waals surface area contributed by atoms with Crippen LogP contribution in [0, 0.1) is 13.8 Å². The Morgan fingerprint density at radius 3 is 2.83 bits per heavy atom. The predicted molar refractivity (Wildman–Crippen MR) is 66.7 cm³/mol. The van der Waals surface area contributed by atoms with Gasteiger partial charge in [-0.3, -0.25) is 4.57 Å². The van der Waals surface area contributed by atoms with Crippen molar-refractivity contribution in [1.29, 1.82) is 0 Å². The molecule has 1 heterocycles. The molecule has 0 aliphatic carbocycles. The summed E-state index contributed by atoms with van der Waals surface area (Å²) in [6.45, 7) is 1.74. The van der Waals surface area contributed by atoms with Gasteiger partial charge in [-0.2, -0.15) is 8.78 Å². The van der Waals surface area contributed by atoms with Crippen LogP contribution >= 0.6 is 0 Å². The van der Waals surface area contributed by atoms with Crippen molar-refractivity contribution >= 4 is 5.69 Å². The Morgan fingerprint density at radius 2 is 2.11 bits per heavy atom. The van der Waals surface area contributed by atoms with Crippen molar-refractivity contribution in [2.45, 2.75) is 26.9 Å². The van der Waals surface area contributed by atoms with E-state index < -0.39 is 6.55 Å². The quantitative estimate of drug-likeness (QED) is 0.901.